The van der Waals surface area contributed by atoms with Gasteiger partial charge in [0.05, 0.1) is 24.4 Å². The van der Waals surface area contributed by atoms with Crippen molar-refractivity contribution in [3.8, 4) is 11.5 Å². The van der Waals surface area contributed by atoms with E-state index in [4.69, 9.17) is 9.47 Å². The normalized spacial score (nSPS) is 10.8. The van der Waals surface area contributed by atoms with Gasteiger partial charge in [-0.05, 0) is 47.5 Å². The quantitative estimate of drug-likeness (QED) is 0.586. The Kier molecular flexibility index (Phi) is 5.69. The first-order valence-corrected chi connectivity index (χ1v) is 7.57. The van der Waals surface area contributed by atoms with Gasteiger partial charge >= 0.3 is 5.69 Å². The van der Waals surface area contributed by atoms with Crippen molar-refractivity contribution in [3.63, 3.8) is 0 Å². The molecule has 1 heterocycles. The number of nitrogens with one attached hydrogen (secondary N) is 2. The molecule has 0 aliphatic heterocycles. The standard InChI is InChI=1S/C14H16BrN5O3/c1-4-23-11-6-9(5-10(15)12(11)22-3)7-16-19-13-8(2)18-20-14(21)17-13/h5-7H,4H2,1-3H3,(H2,17,19,20,21)/b16-7+. The van der Waals surface area contributed by atoms with Crippen LogP contribution in [0.3, 0.4) is 0 Å². The predicted molar refractivity (Wildman–Crippen MR) is 90.5 cm³/mol. The van der Waals surface area contributed by atoms with Crippen LogP contribution in [0.15, 0.2) is 26.5 Å². The number of aromatic nitrogens is 3. The number of rotatable bonds is 6. The Hall–Kier alpha value is -2.42. The van der Waals surface area contributed by atoms with Gasteiger partial charge in [0.25, 0.3) is 0 Å². The summed E-state index contributed by atoms with van der Waals surface area (Å²) in [6.45, 7) is 4.12. The molecule has 122 valence electrons. The summed E-state index contributed by atoms with van der Waals surface area (Å²) in [5.41, 5.74) is 3.46. The van der Waals surface area contributed by atoms with E-state index in [9.17, 15) is 4.79 Å². The number of methoxy groups -OCH3 is 1. The SMILES string of the molecule is CCOc1cc(/C=N/Nc2nc(=O)[nH]nc2C)cc(Br)c1OC. The van der Waals surface area contributed by atoms with E-state index in [0.717, 1.165) is 10.0 Å². The zero-order valence-electron chi connectivity index (χ0n) is 12.9. The van der Waals surface area contributed by atoms with E-state index in [-0.39, 0.29) is 0 Å². The molecular formula is C14H16BrN5O3. The molecule has 0 bridgehead atoms. The molecule has 0 atom stereocenters. The summed E-state index contributed by atoms with van der Waals surface area (Å²) in [5, 5.41) is 10.1. The third-order valence-corrected chi connectivity index (χ3v) is 3.38. The van der Waals surface area contributed by atoms with Crippen molar-refractivity contribution in [2.45, 2.75) is 13.8 Å². The highest BCUT2D eigenvalue weighted by atomic mass is 79.9. The van der Waals surface area contributed by atoms with Crippen LogP contribution in [0.1, 0.15) is 18.2 Å². The van der Waals surface area contributed by atoms with E-state index >= 15 is 0 Å². The molecular weight excluding hydrogens is 366 g/mol. The first-order chi connectivity index (χ1) is 11.0. The fraction of sp³-hybridized carbons (Fsp3) is 0.286. The number of anilines is 1. The van der Waals surface area contributed by atoms with Gasteiger partial charge in [0.1, 0.15) is 5.69 Å². The van der Waals surface area contributed by atoms with Gasteiger partial charge in [0.15, 0.2) is 17.3 Å². The van der Waals surface area contributed by atoms with Crippen molar-refractivity contribution < 1.29 is 9.47 Å². The Bertz CT molecular complexity index is 775. The molecule has 0 aliphatic carbocycles. The minimum absolute atomic E-state index is 0.294. The largest absolute Gasteiger partial charge is 0.492 e. The molecule has 0 saturated carbocycles. The molecule has 0 radical (unpaired) electrons. The topological polar surface area (TPSA) is 101 Å². The molecule has 2 N–H and O–H groups in total. The summed E-state index contributed by atoms with van der Waals surface area (Å²) in [4.78, 5) is 14.9. The van der Waals surface area contributed by atoms with Crippen LogP contribution in [0.4, 0.5) is 5.82 Å². The van der Waals surface area contributed by atoms with Crippen molar-refractivity contribution in [1.29, 1.82) is 0 Å². The van der Waals surface area contributed by atoms with Crippen molar-refractivity contribution in [1.82, 2.24) is 15.2 Å². The molecule has 8 nitrogen and oxygen atoms in total. The lowest BCUT2D eigenvalue weighted by molar-refractivity contribution is 0.310. The molecule has 9 heteroatoms. The predicted octanol–water partition coefficient (Wildman–Crippen LogP) is 2.09. The number of aromatic amines is 1. The van der Waals surface area contributed by atoms with Crippen LogP contribution in [0.25, 0.3) is 0 Å². The number of H-pyrrole nitrogens is 1. The van der Waals surface area contributed by atoms with Crippen LogP contribution in [0.2, 0.25) is 0 Å². The highest BCUT2D eigenvalue weighted by Crippen LogP contribution is 2.36. The minimum atomic E-state index is -0.542. The van der Waals surface area contributed by atoms with Crippen LogP contribution < -0.4 is 20.6 Å². The summed E-state index contributed by atoms with van der Waals surface area (Å²) < 4.78 is 11.6. The number of benzene rings is 1. The molecule has 2 aromatic rings. The smallest absolute Gasteiger partial charge is 0.363 e. The van der Waals surface area contributed by atoms with Gasteiger partial charge in [-0.3, -0.25) is 5.43 Å². The lowest BCUT2D eigenvalue weighted by Gasteiger charge is -2.11. The molecule has 0 spiro atoms. The fourth-order valence-corrected chi connectivity index (χ4v) is 2.41. The third-order valence-electron chi connectivity index (χ3n) is 2.80. The average molecular weight is 382 g/mol. The molecule has 0 aliphatic rings. The highest BCUT2D eigenvalue weighted by Gasteiger charge is 2.10. The zero-order chi connectivity index (χ0) is 16.8. The van der Waals surface area contributed by atoms with Gasteiger partial charge in [0, 0.05) is 0 Å². The summed E-state index contributed by atoms with van der Waals surface area (Å²) >= 11 is 3.43. The molecule has 1 aromatic carbocycles. The minimum Gasteiger partial charge on any atom is -0.492 e. The van der Waals surface area contributed by atoms with Crippen LogP contribution in [0.5, 0.6) is 11.5 Å². The van der Waals surface area contributed by atoms with Crippen molar-refractivity contribution in [3.05, 3.63) is 38.3 Å². The lowest BCUT2D eigenvalue weighted by Crippen LogP contribution is -2.15. The first-order valence-electron chi connectivity index (χ1n) is 6.77. The Labute approximate surface area is 141 Å². The zero-order valence-corrected chi connectivity index (χ0v) is 14.5. The van der Waals surface area contributed by atoms with E-state index in [1.807, 2.05) is 13.0 Å². The second-order valence-corrected chi connectivity index (χ2v) is 5.27. The molecule has 2 rings (SSSR count). The number of hydrazone groups is 1. The number of aryl methyl sites for hydroxylation is 1. The Morgan fingerprint density at radius 3 is 2.96 bits per heavy atom. The number of ether oxygens (including phenoxy) is 2. The van der Waals surface area contributed by atoms with Gasteiger partial charge < -0.3 is 9.47 Å². The summed E-state index contributed by atoms with van der Waals surface area (Å²) in [6, 6.07) is 3.64. The van der Waals surface area contributed by atoms with Gasteiger partial charge in [0.2, 0.25) is 0 Å². The maximum absolute atomic E-state index is 11.1. The van der Waals surface area contributed by atoms with Crippen LogP contribution in [0, 0.1) is 6.92 Å². The average Bonchev–Trinajstić information content (AvgIpc) is 2.51. The van der Waals surface area contributed by atoms with Crippen molar-refractivity contribution >= 4 is 28.0 Å². The van der Waals surface area contributed by atoms with Crippen molar-refractivity contribution in [2.24, 2.45) is 5.10 Å². The second-order valence-electron chi connectivity index (χ2n) is 4.41. The van der Waals surface area contributed by atoms with Gasteiger partial charge in [-0.1, -0.05) is 0 Å². The Morgan fingerprint density at radius 1 is 1.48 bits per heavy atom. The number of halogens is 1. The maximum atomic E-state index is 11.1. The fourth-order valence-electron chi connectivity index (χ4n) is 1.79. The molecule has 0 fully saturated rings. The summed E-state index contributed by atoms with van der Waals surface area (Å²) in [7, 11) is 1.58. The lowest BCUT2D eigenvalue weighted by atomic mass is 10.2. The van der Waals surface area contributed by atoms with E-state index in [2.05, 4.69) is 41.6 Å². The molecule has 0 unspecified atom stereocenters. The monoisotopic (exact) mass is 381 g/mol. The Morgan fingerprint density at radius 2 is 2.26 bits per heavy atom. The van der Waals surface area contributed by atoms with E-state index in [1.54, 1.807) is 26.3 Å². The number of hydrogen-bond acceptors (Lipinski definition) is 7. The van der Waals surface area contributed by atoms with Gasteiger partial charge in [-0.15, -0.1) is 0 Å². The third kappa shape index (κ3) is 4.28. The summed E-state index contributed by atoms with van der Waals surface area (Å²) in [5.74, 6) is 1.52. The van der Waals surface area contributed by atoms with Crippen LogP contribution in [-0.2, 0) is 0 Å². The molecule has 1 aromatic heterocycles. The van der Waals surface area contributed by atoms with E-state index in [1.165, 1.54) is 0 Å². The summed E-state index contributed by atoms with van der Waals surface area (Å²) in [6.07, 6.45) is 1.58. The molecule has 0 saturated heterocycles. The number of hydrogen-bond donors (Lipinski definition) is 2. The van der Waals surface area contributed by atoms with Gasteiger partial charge in [-0.2, -0.15) is 15.2 Å². The Balaban J connectivity index is 2.22. The van der Waals surface area contributed by atoms with E-state index < -0.39 is 5.69 Å². The van der Waals surface area contributed by atoms with Crippen molar-refractivity contribution in [2.75, 3.05) is 19.1 Å². The van der Waals surface area contributed by atoms with Gasteiger partial charge in [-0.25, -0.2) is 9.89 Å². The second kappa shape index (κ2) is 7.73. The molecule has 0 amide bonds. The van der Waals surface area contributed by atoms with Crippen LogP contribution >= 0.6 is 15.9 Å². The van der Waals surface area contributed by atoms with Crippen LogP contribution in [-0.4, -0.2) is 35.1 Å². The first kappa shape index (κ1) is 16.9. The maximum Gasteiger partial charge on any atom is 0.363 e. The highest BCUT2D eigenvalue weighted by molar-refractivity contribution is 9.10. The molecule has 23 heavy (non-hydrogen) atoms. The van der Waals surface area contributed by atoms with E-state index in [0.29, 0.717) is 29.6 Å². The number of nitrogens with zero attached hydrogens (tertiary/aromatic N) is 3.